The van der Waals surface area contributed by atoms with E-state index in [1.54, 1.807) is 11.1 Å². The van der Waals surface area contributed by atoms with Crippen molar-refractivity contribution < 1.29 is 4.79 Å². The Bertz CT molecular complexity index is 445. The van der Waals surface area contributed by atoms with Crippen LogP contribution in [0.25, 0.3) is 0 Å². The third kappa shape index (κ3) is 2.52. The summed E-state index contributed by atoms with van der Waals surface area (Å²) in [5.41, 5.74) is 6.24. The second-order valence-electron chi connectivity index (χ2n) is 4.01. The standard InChI is InChI=1S/C11H14N4OS/c1-14-4-5-15(7-10(14)16)9-3-2-8(6-13-9)11(12)17/h2-3,6H,4-5,7H2,1H3,(H2,12,17). The number of aromatic nitrogens is 1. The number of hydrogen-bond donors (Lipinski definition) is 1. The van der Waals surface area contributed by atoms with Gasteiger partial charge in [-0.2, -0.15) is 0 Å². The van der Waals surface area contributed by atoms with Crippen LogP contribution < -0.4 is 10.6 Å². The normalized spacial score (nSPS) is 16.2. The zero-order valence-electron chi connectivity index (χ0n) is 9.59. The van der Waals surface area contributed by atoms with Gasteiger partial charge in [-0.3, -0.25) is 4.79 Å². The fourth-order valence-corrected chi connectivity index (χ4v) is 1.79. The summed E-state index contributed by atoms with van der Waals surface area (Å²) in [6.45, 7) is 1.88. The molecule has 0 radical (unpaired) electrons. The summed E-state index contributed by atoms with van der Waals surface area (Å²) in [5, 5.41) is 0. The number of nitrogens with zero attached hydrogens (tertiary/aromatic N) is 3. The third-order valence-electron chi connectivity index (χ3n) is 2.81. The van der Waals surface area contributed by atoms with Gasteiger partial charge in [-0.1, -0.05) is 12.2 Å². The number of carbonyl (C=O) groups is 1. The van der Waals surface area contributed by atoms with Crippen LogP contribution >= 0.6 is 12.2 Å². The molecule has 1 aromatic heterocycles. The zero-order valence-corrected chi connectivity index (χ0v) is 10.4. The highest BCUT2D eigenvalue weighted by atomic mass is 32.1. The highest BCUT2D eigenvalue weighted by molar-refractivity contribution is 7.80. The smallest absolute Gasteiger partial charge is 0.241 e. The number of anilines is 1. The Morgan fingerprint density at radius 1 is 1.47 bits per heavy atom. The Balaban J connectivity index is 2.13. The fraction of sp³-hybridized carbons (Fsp3) is 0.364. The molecule has 0 aromatic carbocycles. The van der Waals surface area contributed by atoms with Crippen LogP contribution in [0, 0.1) is 0 Å². The monoisotopic (exact) mass is 250 g/mol. The molecule has 0 spiro atoms. The number of amides is 1. The summed E-state index contributed by atoms with van der Waals surface area (Å²) < 4.78 is 0. The minimum atomic E-state index is 0.108. The van der Waals surface area contributed by atoms with E-state index >= 15 is 0 Å². The quantitative estimate of drug-likeness (QED) is 0.748. The lowest BCUT2D eigenvalue weighted by molar-refractivity contribution is -0.129. The molecule has 1 saturated heterocycles. The number of pyridine rings is 1. The third-order valence-corrected chi connectivity index (χ3v) is 3.05. The molecule has 1 aliphatic rings. The molecular formula is C11H14N4OS. The Morgan fingerprint density at radius 2 is 2.24 bits per heavy atom. The lowest BCUT2D eigenvalue weighted by Crippen LogP contribution is -2.48. The molecule has 1 amide bonds. The van der Waals surface area contributed by atoms with Crippen molar-refractivity contribution in [2.24, 2.45) is 5.73 Å². The molecule has 90 valence electrons. The van der Waals surface area contributed by atoms with Crippen molar-refractivity contribution in [3.8, 4) is 0 Å². The van der Waals surface area contributed by atoms with Crippen LogP contribution in [0.2, 0.25) is 0 Å². The summed E-state index contributed by atoms with van der Waals surface area (Å²) >= 11 is 4.86. The van der Waals surface area contributed by atoms with Gasteiger partial charge >= 0.3 is 0 Å². The first-order valence-electron chi connectivity index (χ1n) is 5.32. The van der Waals surface area contributed by atoms with Crippen molar-refractivity contribution in [3.05, 3.63) is 23.9 Å². The maximum atomic E-state index is 11.6. The van der Waals surface area contributed by atoms with Gasteiger partial charge in [0.05, 0.1) is 6.54 Å². The van der Waals surface area contributed by atoms with E-state index in [2.05, 4.69) is 4.98 Å². The predicted molar refractivity (Wildman–Crippen MR) is 70.0 cm³/mol. The second-order valence-corrected chi connectivity index (χ2v) is 4.45. The van der Waals surface area contributed by atoms with E-state index in [1.165, 1.54) is 0 Å². The maximum absolute atomic E-state index is 11.6. The van der Waals surface area contributed by atoms with Crippen LogP contribution in [0.15, 0.2) is 18.3 Å². The van der Waals surface area contributed by atoms with E-state index in [9.17, 15) is 4.79 Å². The van der Waals surface area contributed by atoms with Gasteiger partial charge < -0.3 is 15.5 Å². The fourth-order valence-electron chi connectivity index (χ4n) is 1.67. The average Bonchev–Trinajstić information content (AvgIpc) is 2.33. The van der Waals surface area contributed by atoms with E-state index in [1.807, 2.05) is 24.1 Å². The molecule has 1 aromatic rings. The molecule has 2 rings (SSSR count). The van der Waals surface area contributed by atoms with Crippen molar-refractivity contribution in [3.63, 3.8) is 0 Å². The topological polar surface area (TPSA) is 62.5 Å². The molecule has 5 nitrogen and oxygen atoms in total. The van der Waals surface area contributed by atoms with E-state index in [0.29, 0.717) is 11.5 Å². The van der Waals surface area contributed by atoms with Gasteiger partial charge in [0.1, 0.15) is 10.8 Å². The summed E-state index contributed by atoms with van der Waals surface area (Å²) in [4.78, 5) is 19.8. The molecule has 2 N–H and O–H groups in total. The van der Waals surface area contributed by atoms with Crippen molar-refractivity contribution in [2.75, 3.05) is 31.6 Å². The van der Waals surface area contributed by atoms with Crippen LogP contribution in [0.5, 0.6) is 0 Å². The number of likely N-dealkylation sites (N-methyl/N-ethyl adjacent to an activating group) is 1. The highest BCUT2D eigenvalue weighted by Gasteiger charge is 2.21. The van der Waals surface area contributed by atoms with Gasteiger partial charge in [0.2, 0.25) is 5.91 Å². The van der Waals surface area contributed by atoms with Gasteiger partial charge in [0, 0.05) is 31.9 Å². The minimum Gasteiger partial charge on any atom is -0.389 e. The molecule has 2 heterocycles. The molecule has 1 fully saturated rings. The maximum Gasteiger partial charge on any atom is 0.241 e. The number of rotatable bonds is 2. The first-order chi connectivity index (χ1) is 8.08. The van der Waals surface area contributed by atoms with Crippen LogP contribution in [-0.2, 0) is 4.79 Å². The first kappa shape index (κ1) is 11.8. The van der Waals surface area contributed by atoms with Gasteiger partial charge in [-0.05, 0) is 12.1 Å². The van der Waals surface area contributed by atoms with Crippen molar-refractivity contribution >= 4 is 28.9 Å². The SMILES string of the molecule is CN1CCN(c2ccc(C(N)=S)cn2)CC1=O. The molecule has 17 heavy (non-hydrogen) atoms. The molecule has 0 saturated carbocycles. The molecule has 0 unspecified atom stereocenters. The lowest BCUT2D eigenvalue weighted by Gasteiger charge is -2.32. The Morgan fingerprint density at radius 3 is 2.76 bits per heavy atom. The summed E-state index contributed by atoms with van der Waals surface area (Å²) in [7, 11) is 1.81. The Hall–Kier alpha value is -1.69. The van der Waals surface area contributed by atoms with Gasteiger partial charge in [-0.25, -0.2) is 4.98 Å². The number of hydrogen-bond acceptors (Lipinski definition) is 4. The molecule has 0 atom stereocenters. The van der Waals surface area contributed by atoms with Crippen LogP contribution in [0.3, 0.4) is 0 Å². The second kappa shape index (κ2) is 4.67. The van der Waals surface area contributed by atoms with Gasteiger partial charge in [0.15, 0.2) is 0 Å². The number of thiocarbonyl (C=S) groups is 1. The molecule has 0 aliphatic carbocycles. The Kier molecular flexibility index (Phi) is 3.23. The number of nitrogens with two attached hydrogens (primary N) is 1. The van der Waals surface area contributed by atoms with Crippen LogP contribution in [-0.4, -0.2) is 47.5 Å². The van der Waals surface area contributed by atoms with Crippen molar-refractivity contribution in [1.29, 1.82) is 0 Å². The molecule has 6 heteroatoms. The number of piperazine rings is 1. The summed E-state index contributed by atoms with van der Waals surface area (Å²) in [6.07, 6.45) is 1.64. The molecule has 1 aliphatic heterocycles. The van der Waals surface area contributed by atoms with Crippen LogP contribution in [0.4, 0.5) is 5.82 Å². The summed E-state index contributed by atoms with van der Waals surface area (Å²) in [6, 6.07) is 3.67. The first-order valence-corrected chi connectivity index (χ1v) is 5.73. The summed E-state index contributed by atoms with van der Waals surface area (Å²) in [5.74, 6) is 0.892. The molecular weight excluding hydrogens is 236 g/mol. The van der Waals surface area contributed by atoms with Crippen molar-refractivity contribution in [1.82, 2.24) is 9.88 Å². The molecule has 0 bridgehead atoms. The number of carbonyl (C=O) groups excluding carboxylic acids is 1. The van der Waals surface area contributed by atoms with E-state index in [4.69, 9.17) is 18.0 Å². The van der Waals surface area contributed by atoms with Crippen molar-refractivity contribution in [2.45, 2.75) is 0 Å². The average molecular weight is 250 g/mol. The van der Waals surface area contributed by atoms with E-state index < -0.39 is 0 Å². The van der Waals surface area contributed by atoms with E-state index in [-0.39, 0.29) is 5.91 Å². The lowest BCUT2D eigenvalue weighted by atomic mass is 10.2. The highest BCUT2D eigenvalue weighted by Crippen LogP contribution is 2.13. The Labute approximate surface area is 105 Å². The van der Waals surface area contributed by atoms with Gasteiger partial charge in [0.25, 0.3) is 0 Å². The zero-order chi connectivity index (χ0) is 12.4. The van der Waals surface area contributed by atoms with Crippen LogP contribution in [0.1, 0.15) is 5.56 Å². The van der Waals surface area contributed by atoms with Gasteiger partial charge in [-0.15, -0.1) is 0 Å². The minimum absolute atomic E-state index is 0.108. The largest absolute Gasteiger partial charge is 0.389 e. The van der Waals surface area contributed by atoms with E-state index in [0.717, 1.165) is 24.5 Å². The predicted octanol–water partition coefficient (Wildman–Crippen LogP) is -0.00580.